The Bertz CT molecular complexity index is 750. The maximum absolute atomic E-state index is 13.1. The van der Waals surface area contributed by atoms with Crippen molar-refractivity contribution in [2.75, 3.05) is 6.54 Å². The Morgan fingerprint density at radius 3 is 2.43 bits per heavy atom. The summed E-state index contributed by atoms with van der Waals surface area (Å²) in [6.07, 6.45) is -0.180. The lowest BCUT2D eigenvalue weighted by Gasteiger charge is -2.25. The van der Waals surface area contributed by atoms with E-state index in [1.165, 1.54) is 12.1 Å². The second kappa shape index (κ2) is 6.19. The lowest BCUT2D eigenvalue weighted by atomic mass is 10.0. The molecule has 0 unspecified atom stereocenters. The van der Waals surface area contributed by atoms with Crippen LogP contribution in [-0.2, 0) is 0 Å². The van der Waals surface area contributed by atoms with Crippen molar-refractivity contribution in [2.24, 2.45) is 0 Å². The molecule has 1 N–H and O–H groups in total. The fourth-order valence-electron chi connectivity index (χ4n) is 2.89. The average Bonchev–Trinajstić information content (AvgIpc) is 2.97. The SMILES string of the molecule is N#Cc1ccc(C(=O)N2C[C@H](O)C[C@H]2c2ccc(F)cc2)cc1. The van der Waals surface area contributed by atoms with Gasteiger partial charge in [-0.15, -0.1) is 0 Å². The number of benzene rings is 2. The second-order valence-corrected chi connectivity index (χ2v) is 5.60. The van der Waals surface area contributed by atoms with Crippen LogP contribution in [0.2, 0.25) is 0 Å². The molecule has 1 heterocycles. The molecule has 4 nitrogen and oxygen atoms in total. The fourth-order valence-corrected chi connectivity index (χ4v) is 2.89. The topological polar surface area (TPSA) is 64.3 Å². The number of nitriles is 1. The van der Waals surface area contributed by atoms with Crippen LogP contribution in [0.1, 0.15) is 33.9 Å². The molecule has 1 aliphatic heterocycles. The molecule has 5 heteroatoms. The van der Waals surface area contributed by atoms with Crippen molar-refractivity contribution in [2.45, 2.75) is 18.6 Å². The first kappa shape index (κ1) is 15.2. The average molecular weight is 310 g/mol. The highest BCUT2D eigenvalue weighted by atomic mass is 19.1. The van der Waals surface area contributed by atoms with Crippen molar-refractivity contribution in [3.05, 3.63) is 71.0 Å². The number of carbonyl (C=O) groups is 1. The zero-order valence-electron chi connectivity index (χ0n) is 12.3. The summed E-state index contributed by atoms with van der Waals surface area (Å²) < 4.78 is 13.1. The van der Waals surface area contributed by atoms with Crippen molar-refractivity contribution in [1.29, 1.82) is 5.26 Å². The lowest BCUT2D eigenvalue weighted by Crippen LogP contribution is -2.31. The van der Waals surface area contributed by atoms with Crippen molar-refractivity contribution >= 4 is 5.91 Å². The predicted molar refractivity (Wildman–Crippen MR) is 82.0 cm³/mol. The number of amides is 1. The smallest absolute Gasteiger partial charge is 0.254 e. The van der Waals surface area contributed by atoms with E-state index < -0.39 is 6.10 Å². The van der Waals surface area contributed by atoms with E-state index in [2.05, 4.69) is 0 Å². The highest BCUT2D eigenvalue weighted by Crippen LogP contribution is 2.33. The van der Waals surface area contributed by atoms with Gasteiger partial charge in [-0.2, -0.15) is 5.26 Å². The van der Waals surface area contributed by atoms with Gasteiger partial charge in [0, 0.05) is 12.1 Å². The zero-order valence-corrected chi connectivity index (χ0v) is 12.3. The van der Waals surface area contributed by atoms with Crippen LogP contribution in [0.4, 0.5) is 4.39 Å². The summed E-state index contributed by atoms with van der Waals surface area (Å²) in [6, 6.07) is 14.1. The van der Waals surface area contributed by atoms with Crippen molar-refractivity contribution in [3.63, 3.8) is 0 Å². The molecule has 1 amide bonds. The molecule has 1 saturated heterocycles. The van der Waals surface area contributed by atoms with Gasteiger partial charge in [0.25, 0.3) is 5.91 Å². The normalized spacial score (nSPS) is 20.3. The quantitative estimate of drug-likeness (QED) is 0.927. The molecule has 0 aliphatic carbocycles. The Labute approximate surface area is 133 Å². The molecule has 23 heavy (non-hydrogen) atoms. The number of likely N-dealkylation sites (tertiary alicyclic amines) is 1. The van der Waals surface area contributed by atoms with Gasteiger partial charge in [0.2, 0.25) is 0 Å². The molecule has 2 atom stereocenters. The van der Waals surface area contributed by atoms with Crippen LogP contribution in [0.25, 0.3) is 0 Å². The van der Waals surface area contributed by atoms with E-state index in [-0.39, 0.29) is 24.3 Å². The monoisotopic (exact) mass is 310 g/mol. The summed E-state index contributed by atoms with van der Waals surface area (Å²) in [4.78, 5) is 14.3. The second-order valence-electron chi connectivity index (χ2n) is 5.60. The summed E-state index contributed by atoms with van der Waals surface area (Å²) in [7, 11) is 0. The molecule has 3 rings (SSSR count). The number of aliphatic hydroxyl groups excluding tert-OH is 1. The van der Waals surface area contributed by atoms with Crippen molar-refractivity contribution in [1.82, 2.24) is 4.90 Å². The van der Waals surface area contributed by atoms with Crippen molar-refractivity contribution < 1.29 is 14.3 Å². The predicted octanol–water partition coefficient (Wildman–Crippen LogP) is 2.65. The molecular weight excluding hydrogens is 295 g/mol. The maximum Gasteiger partial charge on any atom is 0.254 e. The Kier molecular flexibility index (Phi) is 4.09. The molecule has 0 aromatic heterocycles. The van der Waals surface area contributed by atoms with Gasteiger partial charge in [-0.1, -0.05) is 12.1 Å². The van der Waals surface area contributed by atoms with Gasteiger partial charge in [0.05, 0.1) is 23.8 Å². The van der Waals surface area contributed by atoms with E-state index in [4.69, 9.17) is 5.26 Å². The summed E-state index contributed by atoms with van der Waals surface area (Å²) in [6.45, 7) is 0.237. The summed E-state index contributed by atoms with van der Waals surface area (Å²) >= 11 is 0. The summed E-state index contributed by atoms with van der Waals surface area (Å²) in [5.41, 5.74) is 1.74. The third-order valence-electron chi connectivity index (χ3n) is 4.06. The fraction of sp³-hybridized carbons (Fsp3) is 0.222. The molecule has 0 saturated carbocycles. The van der Waals surface area contributed by atoms with Crippen LogP contribution in [-0.4, -0.2) is 28.6 Å². The third-order valence-corrected chi connectivity index (χ3v) is 4.06. The van der Waals surface area contributed by atoms with Crippen LogP contribution in [0.15, 0.2) is 48.5 Å². The van der Waals surface area contributed by atoms with Gasteiger partial charge >= 0.3 is 0 Å². The molecule has 1 aliphatic rings. The van der Waals surface area contributed by atoms with Gasteiger partial charge in [0.1, 0.15) is 5.82 Å². The van der Waals surface area contributed by atoms with Crippen LogP contribution in [0.3, 0.4) is 0 Å². The summed E-state index contributed by atoms with van der Waals surface area (Å²) in [5, 5.41) is 18.8. The van der Waals surface area contributed by atoms with E-state index in [1.54, 1.807) is 41.3 Å². The van der Waals surface area contributed by atoms with Crippen LogP contribution < -0.4 is 0 Å². The highest BCUT2D eigenvalue weighted by Gasteiger charge is 2.35. The van der Waals surface area contributed by atoms with Crippen LogP contribution in [0.5, 0.6) is 0 Å². The van der Waals surface area contributed by atoms with Gasteiger partial charge in [-0.25, -0.2) is 4.39 Å². The number of rotatable bonds is 2. The first-order chi connectivity index (χ1) is 11.1. The number of carbonyl (C=O) groups excluding carboxylic acids is 1. The number of halogens is 1. The third kappa shape index (κ3) is 3.08. The van der Waals surface area contributed by atoms with Gasteiger partial charge in [0.15, 0.2) is 0 Å². The molecule has 0 bridgehead atoms. The van der Waals surface area contributed by atoms with E-state index in [0.29, 0.717) is 17.5 Å². The van der Waals surface area contributed by atoms with Gasteiger partial charge in [-0.3, -0.25) is 4.79 Å². The van der Waals surface area contributed by atoms with E-state index in [0.717, 1.165) is 5.56 Å². The Balaban J connectivity index is 1.87. The molecule has 2 aromatic rings. The molecule has 0 spiro atoms. The minimum atomic E-state index is -0.604. The van der Waals surface area contributed by atoms with E-state index in [9.17, 15) is 14.3 Å². The minimum Gasteiger partial charge on any atom is -0.391 e. The molecule has 2 aromatic carbocycles. The van der Waals surface area contributed by atoms with E-state index >= 15 is 0 Å². The van der Waals surface area contributed by atoms with E-state index in [1.807, 2.05) is 6.07 Å². The zero-order chi connectivity index (χ0) is 16.4. The van der Waals surface area contributed by atoms with Gasteiger partial charge < -0.3 is 10.0 Å². The van der Waals surface area contributed by atoms with Crippen LogP contribution in [0, 0.1) is 17.1 Å². The number of hydrogen-bond acceptors (Lipinski definition) is 3. The van der Waals surface area contributed by atoms with Crippen molar-refractivity contribution in [3.8, 4) is 6.07 Å². The largest absolute Gasteiger partial charge is 0.391 e. The molecular formula is C18H15FN2O2. The Morgan fingerprint density at radius 2 is 1.83 bits per heavy atom. The molecule has 116 valence electrons. The minimum absolute atomic E-state index is 0.208. The molecule has 1 fully saturated rings. The lowest BCUT2D eigenvalue weighted by molar-refractivity contribution is 0.0716. The first-order valence-corrected chi connectivity index (χ1v) is 7.33. The van der Waals surface area contributed by atoms with Crippen LogP contribution >= 0.6 is 0 Å². The Morgan fingerprint density at radius 1 is 1.17 bits per heavy atom. The number of hydrogen-bond donors (Lipinski definition) is 1. The number of nitrogens with zero attached hydrogens (tertiary/aromatic N) is 2. The summed E-state index contributed by atoms with van der Waals surface area (Å²) in [5.74, 6) is -0.544. The van der Waals surface area contributed by atoms with Gasteiger partial charge in [-0.05, 0) is 48.4 Å². The Hall–Kier alpha value is -2.71. The number of aliphatic hydroxyl groups is 1. The highest BCUT2D eigenvalue weighted by molar-refractivity contribution is 5.94. The standard InChI is InChI=1S/C18H15FN2O2/c19-15-7-5-13(6-8-15)17-9-16(22)11-21(17)18(23)14-3-1-12(10-20)2-4-14/h1-8,16-17,22H,9,11H2/t16-,17+/m1/s1. The maximum atomic E-state index is 13.1. The number of β-amino-alcohol motifs (C(OH)–C–C–N with tert-alkyl or cyclic N) is 1. The molecule has 0 radical (unpaired) electrons. The first-order valence-electron chi connectivity index (χ1n) is 7.33.